The van der Waals surface area contributed by atoms with Gasteiger partial charge in [-0.05, 0) is 29.8 Å². The number of hydrogen-bond donors (Lipinski definition) is 2. The first-order valence-corrected chi connectivity index (χ1v) is 8.60. The van der Waals surface area contributed by atoms with Crippen LogP contribution in [0.1, 0.15) is 15.9 Å². The molecule has 0 radical (unpaired) electrons. The van der Waals surface area contributed by atoms with E-state index in [1.54, 1.807) is 0 Å². The summed E-state index contributed by atoms with van der Waals surface area (Å²) in [4.78, 5) is 26.7. The zero-order chi connectivity index (χ0) is 19.2. The zero-order valence-electron chi connectivity index (χ0n) is 14.6. The SMILES string of the molecule is N#CN1CC(NC(=O)[C@H](Cc2ccccc2)NC(=O)c2ccc(F)cc2)C1. The quantitative estimate of drug-likeness (QED) is 0.758. The predicted molar refractivity (Wildman–Crippen MR) is 96.9 cm³/mol. The Morgan fingerprint density at radius 2 is 1.81 bits per heavy atom. The molecule has 0 bridgehead atoms. The topological polar surface area (TPSA) is 85.2 Å². The molecule has 1 heterocycles. The monoisotopic (exact) mass is 366 g/mol. The lowest BCUT2D eigenvalue weighted by Crippen LogP contribution is -2.60. The van der Waals surface area contributed by atoms with Gasteiger partial charge in [0.1, 0.15) is 11.9 Å². The number of nitriles is 1. The molecule has 1 aliphatic heterocycles. The third-order valence-corrected chi connectivity index (χ3v) is 4.38. The van der Waals surface area contributed by atoms with E-state index in [0.717, 1.165) is 5.56 Å². The van der Waals surface area contributed by atoms with Gasteiger partial charge in [0.05, 0.1) is 19.1 Å². The highest BCUT2D eigenvalue weighted by atomic mass is 19.1. The summed E-state index contributed by atoms with van der Waals surface area (Å²) >= 11 is 0. The minimum atomic E-state index is -0.777. The van der Waals surface area contributed by atoms with Gasteiger partial charge in [0.15, 0.2) is 6.19 Å². The molecule has 3 rings (SSSR count). The largest absolute Gasteiger partial charge is 0.348 e. The minimum absolute atomic E-state index is 0.113. The van der Waals surface area contributed by atoms with Crippen molar-refractivity contribution in [3.05, 3.63) is 71.5 Å². The maximum absolute atomic E-state index is 13.1. The normalized spacial score (nSPS) is 14.6. The summed E-state index contributed by atoms with van der Waals surface area (Å²) in [5.74, 6) is -1.19. The van der Waals surface area contributed by atoms with Crippen molar-refractivity contribution in [1.29, 1.82) is 5.26 Å². The van der Waals surface area contributed by atoms with Gasteiger partial charge >= 0.3 is 0 Å². The average Bonchev–Trinajstić information content (AvgIpc) is 2.65. The number of nitrogens with zero attached hydrogens (tertiary/aromatic N) is 2. The third-order valence-electron chi connectivity index (χ3n) is 4.38. The van der Waals surface area contributed by atoms with Gasteiger partial charge in [-0.15, -0.1) is 0 Å². The fourth-order valence-corrected chi connectivity index (χ4v) is 2.86. The van der Waals surface area contributed by atoms with E-state index in [0.29, 0.717) is 19.5 Å². The smallest absolute Gasteiger partial charge is 0.251 e. The van der Waals surface area contributed by atoms with Crippen molar-refractivity contribution in [2.24, 2.45) is 0 Å². The van der Waals surface area contributed by atoms with Crippen molar-refractivity contribution in [3.8, 4) is 6.19 Å². The van der Waals surface area contributed by atoms with E-state index < -0.39 is 17.8 Å². The first-order chi connectivity index (χ1) is 13.0. The predicted octanol–water partition coefficient (Wildman–Crippen LogP) is 1.45. The zero-order valence-corrected chi connectivity index (χ0v) is 14.6. The molecule has 0 unspecified atom stereocenters. The highest BCUT2D eigenvalue weighted by Crippen LogP contribution is 2.09. The Kier molecular flexibility index (Phi) is 5.67. The number of benzene rings is 2. The lowest BCUT2D eigenvalue weighted by Gasteiger charge is -2.36. The fraction of sp³-hybridized carbons (Fsp3) is 0.250. The van der Waals surface area contributed by atoms with Crippen LogP contribution in [0, 0.1) is 17.3 Å². The van der Waals surface area contributed by atoms with E-state index >= 15 is 0 Å². The number of amides is 2. The first kappa shape index (κ1) is 18.4. The number of carbonyl (C=O) groups excluding carboxylic acids is 2. The van der Waals surface area contributed by atoms with Gasteiger partial charge in [-0.2, -0.15) is 5.26 Å². The van der Waals surface area contributed by atoms with Crippen LogP contribution in [0.3, 0.4) is 0 Å². The highest BCUT2D eigenvalue weighted by Gasteiger charge is 2.30. The van der Waals surface area contributed by atoms with Crippen molar-refractivity contribution in [1.82, 2.24) is 15.5 Å². The second-order valence-electron chi connectivity index (χ2n) is 6.43. The van der Waals surface area contributed by atoms with E-state index in [9.17, 15) is 14.0 Å². The molecule has 1 saturated heterocycles. The van der Waals surface area contributed by atoms with E-state index in [1.807, 2.05) is 36.5 Å². The van der Waals surface area contributed by atoms with E-state index in [-0.39, 0.29) is 17.5 Å². The van der Waals surface area contributed by atoms with Crippen molar-refractivity contribution < 1.29 is 14.0 Å². The van der Waals surface area contributed by atoms with Crippen LogP contribution < -0.4 is 10.6 Å². The van der Waals surface area contributed by atoms with Crippen LogP contribution in [-0.2, 0) is 11.2 Å². The van der Waals surface area contributed by atoms with Gasteiger partial charge in [-0.1, -0.05) is 30.3 Å². The van der Waals surface area contributed by atoms with E-state index in [1.165, 1.54) is 29.2 Å². The molecule has 27 heavy (non-hydrogen) atoms. The molecule has 138 valence electrons. The molecule has 6 nitrogen and oxygen atoms in total. The molecule has 0 saturated carbocycles. The molecular weight excluding hydrogens is 347 g/mol. The number of nitrogens with one attached hydrogen (secondary N) is 2. The molecular formula is C20H19FN4O2. The van der Waals surface area contributed by atoms with Gasteiger partial charge in [-0.25, -0.2) is 4.39 Å². The number of halogens is 1. The number of likely N-dealkylation sites (tertiary alicyclic amines) is 1. The second kappa shape index (κ2) is 8.32. The lowest BCUT2D eigenvalue weighted by atomic mass is 10.0. The lowest BCUT2D eigenvalue weighted by molar-refractivity contribution is -0.124. The summed E-state index contributed by atoms with van der Waals surface area (Å²) in [5, 5.41) is 14.4. The Balaban J connectivity index is 1.69. The molecule has 1 atom stereocenters. The molecule has 2 N–H and O–H groups in total. The summed E-state index contributed by atoms with van der Waals surface area (Å²) < 4.78 is 13.1. The summed E-state index contributed by atoms with van der Waals surface area (Å²) in [7, 11) is 0. The molecule has 7 heteroatoms. The number of rotatable bonds is 6. The van der Waals surface area contributed by atoms with Gasteiger partial charge in [-0.3, -0.25) is 9.59 Å². The Morgan fingerprint density at radius 1 is 1.15 bits per heavy atom. The highest BCUT2D eigenvalue weighted by molar-refractivity contribution is 5.97. The Morgan fingerprint density at radius 3 is 2.44 bits per heavy atom. The van der Waals surface area contributed by atoms with Crippen LogP contribution in [0.15, 0.2) is 54.6 Å². The second-order valence-corrected chi connectivity index (χ2v) is 6.43. The van der Waals surface area contributed by atoms with Crippen LogP contribution in [-0.4, -0.2) is 41.9 Å². The molecule has 0 aromatic heterocycles. The summed E-state index contributed by atoms with van der Waals surface area (Å²) in [6.45, 7) is 0.929. The molecule has 2 aromatic carbocycles. The summed E-state index contributed by atoms with van der Waals surface area (Å²) in [6.07, 6.45) is 2.34. The van der Waals surface area contributed by atoms with Gasteiger partial charge < -0.3 is 15.5 Å². The molecule has 1 fully saturated rings. The third kappa shape index (κ3) is 4.82. The Labute approximate surface area is 156 Å². The van der Waals surface area contributed by atoms with Crippen LogP contribution in [0.5, 0.6) is 0 Å². The standard InChI is InChI=1S/C20H19FN4O2/c21-16-8-6-15(7-9-16)19(26)24-18(10-14-4-2-1-3-5-14)20(27)23-17-11-25(12-17)13-22/h1-9,17-18H,10-12H2,(H,23,27)(H,24,26)/t18-/m0/s1. The van der Waals surface area contributed by atoms with Crippen molar-refractivity contribution in [3.63, 3.8) is 0 Å². The van der Waals surface area contributed by atoms with Crippen molar-refractivity contribution in [2.75, 3.05) is 13.1 Å². The molecule has 2 aromatic rings. The van der Waals surface area contributed by atoms with Crippen LogP contribution in [0.2, 0.25) is 0 Å². The maximum Gasteiger partial charge on any atom is 0.251 e. The van der Waals surface area contributed by atoms with Crippen LogP contribution in [0.25, 0.3) is 0 Å². The maximum atomic E-state index is 13.1. The average molecular weight is 366 g/mol. The summed E-state index contributed by atoms with van der Waals surface area (Å²) in [5.41, 5.74) is 1.19. The van der Waals surface area contributed by atoms with E-state index in [2.05, 4.69) is 10.6 Å². The summed E-state index contributed by atoms with van der Waals surface area (Å²) in [6, 6.07) is 13.6. The number of carbonyl (C=O) groups is 2. The van der Waals surface area contributed by atoms with Crippen molar-refractivity contribution >= 4 is 11.8 Å². The van der Waals surface area contributed by atoms with Crippen LogP contribution >= 0.6 is 0 Å². The fourth-order valence-electron chi connectivity index (χ4n) is 2.86. The minimum Gasteiger partial charge on any atom is -0.348 e. The number of hydrogen-bond acceptors (Lipinski definition) is 4. The molecule has 0 aliphatic carbocycles. The Hall–Kier alpha value is -3.40. The van der Waals surface area contributed by atoms with Gasteiger partial charge in [0.2, 0.25) is 5.91 Å². The molecule has 0 spiro atoms. The van der Waals surface area contributed by atoms with Crippen molar-refractivity contribution in [2.45, 2.75) is 18.5 Å². The van der Waals surface area contributed by atoms with Crippen LogP contribution in [0.4, 0.5) is 4.39 Å². The van der Waals surface area contributed by atoms with E-state index in [4.69, 9.17) is 5.26 Å². The van der Waals surface area contributed by atoms with Gasteiger partial charge in [0.25, 0.3) is 5.91 Å². The Bertz CT molecular complexity index is 843. The first-order valence-electron chi connectivity index (χ1n) is 8.60. The molecule has 2 amide bonds. The molecule has 1 aliphatic rings. The van der Waals surface area contributed by atoms with Gasteiger partial charge in [0, 0.05) is 12.0 Å².